The monoisotopic (exact) mass is 299 g/mol. The Morgan fingerprint density at radius 2 is 2.00 bits per heavy atom. The number of nitrogens with one attached hydrogen (secondary N) is 1. The van der Waals surface area contributed by atoms with Crippen LogP contribution in [0.3, 0.4) is 0 Å². The molecule has 1 atom stereocenters. The lowest BCUT2D eigenvalue weighted by Crippen LogP contribution is -2.23. The van der Waals surface area contributed by atoms with E-state index < -0.39 is 23.6 Å². The number of alkyl halides is 3. The van der Waals surface area contributed by atoms with E-state index in [2.05, 4.69) is 15.3 Å². The van der Waals surface area contributed by atoms with Crippen LogP contribution >= 0.6 is 0 Å². The van der Waals surface area contributed by atoms with Crippen molar-refractivity contribution in [2.24, 2.45) is 0 Å². The van der Waals surface area contributed by atoms with Gasteiger partial charge >= 0.3 is 6.18 Å². The van der Waals surface area contributed by atoms with E-state index in [0.29, 0.717) is 12.2 Å². The Balaban J connectivity index is 2.47. The number of hydrogen-bond donors (Lipinski definition) is 1. The van der Waals surface area contributed by atoms with Crippen LogP contribution in [0.25, 0.3) is 0 Å². The summed E-state index contributed by atoms with van der Waals surface area (Å²) in [5, 5.41) is 3.02. The smallest absolute Gasteiger partial charge is 0.305 e. The minimum Gasteiger partial charge on any atom is -0.305 e. The lowest BCUT2D eigenvalue weighted by atomic mass is 10.0. The van der Waals surface area contributed by atoms with Gasteiger partial charge in [-0.3, -0.25) is 9.97 Å². The predicted octanol–water partition coefficient (Wildman–Crippen LogP) is 3.33. The fourth-order valence-corrected chi connectivity index (χ4v) is 2.00. The Morgan fingerprint density at radius 1 is 1.24 bits per heavy atom. The van der Waals surface area contributed by atoms with Gasteiger partial charge in [0.1, 0.15) is 5.82 Å². The lowest BCUT2D eigenvalue weighted by molar-refractivity contribution is -0.140. The van der Waals surface area contributed by atoms with Crippen molar-refractivity contribution in [1.29, 1.82) is 0 Å². The molecule has 0 saturated heterocycles. The summed E-state index contributed by atoms with van der Waals surface area (Å²) in [6, 6.07) is 2.35. The number of benzene rings is 1. The molecule has 0 amide bonds. The first kappa shape index (κ1) is 15.4. The molecule has 1 heterocycles. The van der Waals surface area contributed by atoms with E-state index in [1.807, 2.05) is 6.92 Å². The maximum Gasteiger partial charge on any atom is 0.419 e. The summed E-state index contributed by atoms with van der Waals surface area (Å²) in [6.07, 6.45) is -0.352. The molecular formula is C14H13F4N3. The zero-order valence-electron chi connectivity index (χ0n) is 11.2. The van der Waals surface area contributed by atoms with E-state index in [4.69, 9.17) is 0 Å². The van der Waals surface area contributed by atoms with Crippen molar-refractivity contribution >= 4 is 0 Å². The first-order valence-electron chi connectivity index (χ1n) is 6.29. The third-order valence-electron chi connectivity index (χ3n) is 2.92. The Bertz CT molecular complexity index is 599. The van der Waals surface area contributed by atoms with Crippen molar-refractivity contribution in [3.05, 3.63) is 59.4 Å². The van der Waals surface area contributed by atoms with Gasteiger partial charge in [0.25, 0.3) is 0 Å². The van der Waals surface area contributed by atoms with E-state index in [-0.39, 0.29) is 5.56 Å². The number of halogens is 4. The van der Waals surface area contributed by atoms with Crippen LogP contribution in [0, 0.1) is 5.82 Å². The highest BCUT2D eigenvalue weighted by atomic mass is 19.4. The topological polar surface area (TPSA) is 37.8 Å². The summed E-state index contributed by atoms with van der Waals surface area (Å²) >= 11 is 0. The van der Waals surface area contributed by atoms with Crippen LogP contribution in [0.5, 0.6) is 0 Å². The first-order valence-corrected chi connectivity index (χ1v) is 6.29. The summed E-state index contributed by atoms with van der Waals surface area (Å²) in [5.41, 5.74) is -0.531. The molecule has 0 aliphatic carbocycles. The lowest BCUT2D eigenvalue weighted by Gasteiger charge is -2.19. The minimum atomic E-state index is -4.74. The third-order valence-corrected chi connectivity index (χ3v) is 2.92. The molecular weight excluding hydrogens is 286 g/mol. The molecule has 0 aliphatic heterocycles. The number of rotatable bonds is 4. The van der Waals surface area contributed by atoms with Crippen LogP contribution in [0.2, 0.25) is 0 Å². The molecule has 1 unspecified atom stereocenters. The van der Waals surface area contributed by atoms with Crippen molar-refractivity contribution in [3.8, 4) is 0 Å². The molecule has 3 nitrogen and oxygen atoms in total. The van der Waals surface area contributed by atoms with Gasteiger partial charge in [0.2, 0.25) is 0 Å². The second-order valence-corrected chi connectivity index (χ2v) is 4.36. The van der Waals surface area contributed by atoms with E-state index >= 15 is 0 Å². The van der Waals surface area contributed by atoms with E-state index in [0.717, 1.165) is 12.1 Å². The molecule has 7 heteroatoms. The molecule has 0 fully saturated rings. The molecule has 1 N–H and O–H groups in total. The van der Waals surface area contributed by atoms with Gasteiger partial charge in [0.15, 0.2) is 0 Å². The average Bonchev–Trinajstić information content (AvgIpc) is 2.45. The molecule has 2 rings (SSSR count). The van der Waals surface area contributed by atoms with Crippen LogP contribution in [-0.2, 0) is 6.18 Å². The second kappa shape index (κ2) is 6.17. The molecule has 1 aromatic heterocycles. The van der Waals surface area contributed by atoms with Crippen LogP contribution in [0.1, 0.15) is 29.8 Å². The van der Waals surface area contributed by atoms with Crippen molar-refractivity contribution in [1.82, 2.24) is 15.3 Å². The predicted molar refractivity (Wildman–Crippen MR) is 69.0 cm³/mol. The largest absolute Gasteiger partial charge is 0.419 e. The Morgan fingerprint density at radius 3 is 2.57 bits per heavy atom. The molecule has 0 spiro atoms. The quantitative estimate of drug-likeness (QED) is 0.880. The van der Waals surface area contributed by atoms with E-state index in [1.54, 1.807) is 0 Å². The van der Waals surface area contributed by atoms with E-state index in [1.165, 1.54) is 24.7 Å². The van der Waals surface area contributed by atoms with Crippen molar-refractivity contribution in [3.63, 3.8) is 0 Å². The third kappa shape index (κ3) is 3.55. The fraction of sp³-hybridized carbons (Fsp3) is 0.286. The van der Waals surface area contributed by atoms with Gasteiger partial charge in [0.05, 0.1) is 23.5 Å². The molecule has 2 aromatic rings. The molecule has 1 aromatic carbocycles. The van der Waals surface area contributed by atoms with Gasteiger partial charge in [-0.05, 0) is 24.2 Å². The average molecular weight is 299 g/mol. The van der Waals surface area contributed by atoms with Crippen LogP contribution in [0.4, 0.5) is 17.6 Å². The van der Waals surface area contributed by atoms with E-state index in [9.17, 15) is 17.6 Å². The molecule has 21 heavy (non-hydrogen) atoms. The highest BCUT2D eigenvalue weighted by molar-refractivity contribution is 5.33. The molecule has 112 valence electrons. The molecule has 0 saturated carbocycles. The maximum absolute atomic E-state index is 13.3. The van der Waals surface area contributed by atoms with Gasteiger partial charge < -0.3 is 5.32 Å². The Kier molecular flexibility index (Phi) is 4.52. The normalized spacial score (nSPS) is 13.2. The first-order chi connectivity index (χ1) is 9.93. The zero-order valence-corrected chi connectivity index (χ0v) is 11.2. The van der Waals surface area contributed by atoms with Crippen LogP contribution in [-0.4, -0.2) is 16.5 Å². The van der Waals surface area contributed by atoms with Crippen molar-refractivity contribution in [2.75, 3.05) is 6.54 Å². The van der Waals surface area contributed by atoms with Gasteiger partial charge in [0, 0.05) is 12.4 Å². The molecule has 0 radical (unpaired) electrons. The number of aromatic nitrogens is 2. The highest BCUT2D eigenvalue weighted by Gasteiger charge is 2.34. The van der Waals surface area contributed by atoms with Crippen LogP contribution < -0.4 is 5.32 Å². The van der Waals surface area contributed by atoms with Crippen molar-refractivity contribution < 1.29 is 17.6 Å². The minimum absolute atomic E-state index is 0.283. The summed E-state index contributed by atoms with van der Waals surface area (Å²) in [5.74, 6) is -1.29. The second-order valence-electron chi connectivity index (χ2n) is 4.36. The van der Waals surface area contributed by atoms with Gasteiger partial charge in [-0.1, -0.05) is 13.0 Å². The summed E-state index contributed by atoms with van der Waals surface area (Å²) < 4.78 is 51.7. The highest BCUT2D eigenvalue weighted by Crippen LogP contribution is 2.33. The molecule has 0 bridgehead atoms. The number of nitrogens with zero attached hydrogens (tertiary/aromatic N) is 2. The van der Waals surface area contributed by atoms with Crippen LogP contribution in [0.15, 0.2) is 36.8 Å². The Hall–Kier alpha value is -2.02. The SMILES string of the molecule is CCNC(c1ccc(F)c(C(F)(F)F)c1)c1cnccn1. The molecule has 0 aliphatic rings. The number of hydrogen-bond acceptors (Lipinski definition) is 3. The summed E-state index contributed by atoms with van der Waals surface area (Å²) in [4.78, 5) is 7.99. The van der Waals surface area contributed by atoms with Gasteiger partial charge in [-0.2, -0.15) is 13.2 Å². The zero-order chi connectivity index (χ0) is 15.5. The maximum atomic E-state index is 13.3. The summed E-state index contributed by atoms with van der Waals surface area (Å²) in [6.45, 7) is 2.33. The summed E-state index contributed by atoms with van der Waals surface area (Å²) in [7, 11) is 0. The Labute approximate surface area is 119 Å². The van der Waals surface area contributed by atoms with Crippen molar-refractivity contribution in [2.45, 2.75) is 19.1 Å². The fourth-order valence-electron chi connectivity index (χ4n) is 2.00. The standard InChI is InChI=1S/C14H13F4N3/c1-2-20-13(12-8-19-5-6-21-12)9-3-4-11(15)10(7-9)14(16,17)18/h3-8,13,20H,2H2,1H3. The van der Waals surface area contributed by atoms with Gasteiger partial charge in [-0.15, -0.1) is 0 Å². The van der Waals surface area contributed by atoms with Gasteiger partial charge in [-0.25, -0.2) is 4.39 Å².